The van der Waals surface area contributed by atoms with Gasteiger partial charge in [-0.2, -0.15) is 0 Å². The highest BCUT2D eigenvalue weighted by molar-refractivity contribution is 8.02. The van der Waals surface area contributed by atoms with Crippen LogP contribution in [0, 0.1) is 0 Å². The Hall–Kier alpha value is -2.07. The molecule has 1 saturated heterocycles. The summed E-state index contributed by atoms with van der Waals surface area (Å²) in [4.78, 5) is 35.3. The number of rotatable bonds is 5. The molecule has 1 aromatic rings. The van der Waals surface area contributed by atoms with Gasteiger partial charge in [0.1, 0.15) is 0 Å². The largest absolute Gasteiger partial charge is 0.452 e. The topological polar surface area (TPSA) is 119 Å². The van der Waals surface area contributed by atoms with E-state index in [-0.39, 0.29) is 22.3 Å². The number of hydrogen-bond donors (Lipinski definition) is 2. The maximum Gasteiger partial charge on any atom is 0.339 e. The second kappa shape index (κ2) is 8.34. The molecule has 2 rings (SSSR count). The van der Waals surface area contributed by atoms with Crippen LogP contribution in [0.4, 0.5) is 4.79 Å². The first-order valence-electron chi connectivity index (χ1n) is 7.45. The van der Waals surface area contributed by atoms with Gasteiger partial charge in [0.2, 0.25) is 0 Å². The normalized spacial score (nSPS) is 18.4. The van der Waals surface area contributed by atoms with E-state index < -0.39 is 34.4 Å². The Morgan fingerprint density at radius 1 is 1.28 bits per heavy atom. The Morgan fingerprint density at radius 2 is 2.00 bits per heavy atom. The fourth-order valence-corrected chi connectivity index (χ4v) is 5.82. The maximum absolute atomic E-state index is 12.2. The zero-order valence-electron chi connectivity index (χ0n) is 13.5. The van der Waals surface area contributed by atoms with Crippen molar-refractivity contribution in [3.8, 4) is 0 Å². The molecule has 1 aliphatic heterocycles. The lowest BCUT2D eigenvalue weighted by atomic mass is 10.2. The summed E-state index contributed by atoms with van der Waals surface area (Å²) in [6, 6.07) is 5.94. The minimum absolute atomic E-state index is 0.0790. The summed E-state index contributed by atoms with van der Waals surface area (Å²) in [6.45, 7) is -0.594. The second-order valence-corrected chi connectivity index (χ2v) is 8.91. The number of nitrogens with one attached hydrogen (secondary N) is 2. The first-order valence-corrected chi connectivity index (χ1v) is 10.2. The summed E-state index contributed by atoms with van der Waals surface area (Å²) in [5, 5.41) is 4.07. The summed E-state index contributed by atoms with van der Waals surface area (Å²) >= 11 is 1.31. The smallest absolute Gasteiger partial charge is 0.339 e. The van der Waals surface area contributed by atoms with Crippen LogP contribution in [0.2, 0.25) is 0 Å². The van der Waals surface area contributed by atoms with Crippen LogP contribution in [0.1, 0.15) is 16.8 Å². The molecule has 2 N–H and O–H groups in total. The summed E-state index contributed by atoms with van der Waals surface area (Å²) in [6.07, 6.45) is 0.533. The van der Waals surface area contributed by atoms with E-state index in [1.54, 1.807) is 24.3 Å². The molecule has 1 fully saturated rings. The average Bonchev–Trinajstić information content (AvgIpc) is 2.91. The Kier molecular flexibility index (Phi) is 6.43. The van der Waals surface area contributed by atoms with Crippen LogP contribution < -0.4 is 10.6 Å². The average molecular weight is 386 g/mol. The molecule has 0 saturated carbocycles. The molecule has 1 heterocycles. The van der Waals surface area contributed by atoms with Crippen molar-refractivity contribution in [2.45, 2.75) is 16.6 Å². The van der Waals surface area contributed by atoms with Crippen LogP contribution in [0.3, 0.4) is 0 Å². The number of urea groups is 1. The molecule has 0 unspecified atom stereocenters. The lowest BCUT2D eigenvalue weighted by molar-refractivity contribution is -0.123. The zero-order valence-corrected chi connectivity index (χ0v) is 15.1. The number of imide groups is 1. The van der Waals surface area contributed by atoms with Crippen LogP contribution >= 0.6 is 11.8 Å². The molecule has 0 aromatic heterocycles. The fourth-order valence-electron chi connectivity index (χ4n) is 2.21. The van der Waals surface area contributed by atoms with E-state index in [1.165, 1.54) is 18.8 Å². The lowest BCUT2D eigenvalue weighted by Gasteiger charge is -2.12. The standard InChI is InChI=1S/C15H18N2O6S2/c1-16-15(20)17-13(18)8-23-14(19)11-4-2-3-5-12(11)24-10-6-7-25(21,22)9-10/h2-5,10H,6-9H2,1H3,(H2,16,17,18,20)/t10-/m0/s1. The molecule has 0 radical (unpaired) electrons. The number of ether oxygens (including phenoxy) is 1. The van der Waals surface area contributed by atoms with Gasteiger partial charge in [-0.25, -0.2) is 18.0 Å². The third-order valence-corrected chi connectivity index (χ3v) is 6.73. The molecule has 25 heavy (non-hydrogen) atoms. The SMILES string of the molecule is CNC(=O)NC(=O)COC(=O)c1ccccc1S[C@H]1CCS(=O)(=O)C1. The Morgan fingerprint density at radius 3 is 2.64 bits per heavy atom. The Balaban J connectivity index is 1.98. The van der Waals surface area contributed by atoms with E-state index in [1.807, 2.05) is 5.32 Å². The summed E-state index contributed by atoms with van der Waals surface area (Å²) in [5.74, 6) is -1.23. The molecule has 10 heteroatoms. The second-order valence-electron chi connectivity index (χ2n) is 5.34. The number of sulfone groups is 1. The minimum atomic E-state index is -3.01. The predicted octanol–water partition coefficient (Wildman–Crippen LogP) is 0.578. The van der Waals surface area contributed by atoms with Crippen molar-refractivity contribution in [1.29, 1.82) is 0 Å². The molecule has 8 nitrogen and oxygen atoms in total. The molecule has 136 valence electrons. The van der Waals surface area contributed by atoms with Crippen molar-refractivity contribution in [3.63, 3.8) is 0 Å². The highest BCUT2D eigenvalue weighted by Crippen LogP contribution is 2.33. The molecule has 0 spiro atoms. The van der Waals surface area contributed by atoms with Gasteiger partial charge in [-0.1, -0.05) is 12.1 Å². The number of hydrogen-bond acceptors (Lipinski definition) is 7. The number of carbonyl (C=O) groups excluding carboxylic acids is 3. The molecular weight excluding hydrogens is 368 g/mol. The molecule has 0 bridgehead atoms. The van der Waals surface area contributed by atoms with Gasteiger partial charge in [0.15, 0.2) is 16.4 Å². The number of benzene rings is 1. The summed E-state index contributed by atoms with van der Waals surface area (Å²) in [5.41, 5.74) is 0.254. The van der Waals surface area contributed by atoms with E-state index in [9.17, 15) is 22.8 Å². The Bertz CT molecular complexity index is 778. The molecule has 1 aliphatic rings. The molecule has 0 aliphatic carbocycles. The quantitative estimate of drug-likeness (QED) is 0.711. The monoisotopic (exact) mass is 386 g/mol. The highest BCUT2D eigenvalue weighted by atomic mass is 32.2. The van der Waals surface area contributed by atoms with Gasteiger partial charge < -0.3 is 10.1 Å². The van der Waals surface area contributed by atoms with E-state index in [0.29, 0.717) is 11.3 Å². The number of thioether (sulfide) groups is 1. The molecule has 3 amide bonds. The van der Waals surface area contributed by atoms with Gasteiger partial charge in [0.25, 0.3) is 5.91 Å². The van der Waals surface area contributed by atoms with Crippen molar-refractivity contribution in [2.24, 2.45) is 0 Å². The predicted molar refractivity (Wildman–Crippen MR) is 92.2 cm³/mol. The van der Waals surface area contributed by atoms with Gasteiger partial charge >= 0.3 is 12.0 Å². The Labute approximate surface area is 149 Å². The van der Waals surface area contributed by atoms with Crippen LogP contribution in [0.25, 0.3) is 0 Å². The van der Waals surface area contributed by atoms with Gasteiger partial charge in [-0.05, 0) is 18.6 Å². The van der Waals surface area contributed by atoms with Gasteiger partial charge in [0.05, 0.1) is 17.1 Å². The first kappa shape index (κ1) is 19.3. The van der Waals surface area contributed by atoms with E-state index >= 15 is 0 Å². The van der Waals surface area contributed by atoms with Crippen molar-refractivity contribution < 1.29 is 27.5 Å². The minimum Gasteiger partial charge on any atom is -0.452 e. The van der Waals surface area contributed by atoms with E-state index in [2.05, 4.69) is 5.32 Å². The zero-order chi connectivity index (χ0) is 18.4. The fraction of sp³-hybridized carbons (Fsp3) is 0.400. The van der Waals surface area contributed by atoms with Crippen LogP contribution in [-0.4, -0.2) is 56.7 Å². The van der Waals surface area contributed by atoms with E-state index in [0.717, 1.165) is 0 Å². The van der Waals surface area contributed by atoms with Crippen molar-refractivity contribution >= 4 is 39.5 Å². The first-order chi connectivity index (χ1) is 11.8. The van der Waals surface area contributed by atoms with Crippen LogP contribution in [0.15, 0.2) is 29.2 Å². The molecule has 1 atom stereocenters. The number of carbonyl (C=O) groups is 3. The third-order valence-electron chi connectivity index (χ3n) is 3.41. The maximum atomic E-state index is 12.2. The molecular formula is C15H18N2O6S2. The van der Waals surface area contributed by atoms with Crippen molar-refractivity contribution in [3.05, 3.63) is 29.8 Å². The number of amides is 3. The highest BCUT2D eigenvalue weighted by Gasteiger charge is 2.29. The lowest BCUT2D eigenvalue weighted by Crippen LogP contribution is -2.39. The summed E-state index contributed by atoms with van der Waals surface area (Å²) < 4.78 is 28.0. The van der Waals surface area contributed by atoms with E-state index in [4.69, 9.17) is 4.74 Å². The van der Waals surface area contributed by atoms with Crippen molar-refractivity contribution in [2.75, 3.05) is 25.2 Å². The van der Waals surface area contributed by atoms with Gasteiger partial charge in [0, 0.05) is 17.2 Å². The number of esters is 1. The van der Waals surface area contributed by atoms with Crippen LogP contribution in [0.5, 0.6) is 0 Å². The van der Waals surface area contributed by atoms with Crippen molar-refractivity contribution in [1.82, 2.24) is 10.6 Å². The molecule has 1 aromatic carbocycles. The third kappa shape index (κ3) is 5.75. The van der Waals surface area contributed by atoms with Crippen LogP contribution in [-0.2, 0) is 19.4 Å². The van der Waals surface area contributed by atoms with Gasteiger partial charge in [-0.3, -0.25) is 10.1 Å². The summed E-state index contributed by atoms with van der Waals surface area (Å²) in [7, 11) is -1.66. The van der Waals surface area contributed by atoms with Gasteiger partial charge in [-0.15, -0.1) is 11.8 Å².